The maximum atomic E-state index is 9.08. The molecule has 1 heterocycles. The fourth-order valence-electron chi connectivity index (χ4n) is 0.982. The summed E-state index contributed by atoms with van der Waals surface area (Å²) < 4.78 is 0.737. The smallest absolute Gasteiger partial charge is 0.131 e. The molecule has 0 aromatic carbocycles. The van der Waals surface area contributed by atoms with Gasteiger partial charge in [0.2, 0.25) is 0 Å². The molecule has 78 valence electrons. The first-order chi connectivity index (χ1) is 6.43. The number of aliphatic hydroxyl groups is 1. The third kappa shape index (κ3) is 3.23. The van der Waals surface area contributed by atoms with E-state index in [1.807, 2.05) is 20.8 Å². The number of nitrogens with zero attached hydrogens (tertiary/aromatic N) is 2. The van der Waals surface area contributed by atoms with Gasteiger partial charge in [0.1, 0.15) is 16.2 Å². The fourth-order valence-corrected chi connectivity index (χ4v) is 1.45. The summed E-state index contributed by atoms with van der Waals surface area (Å²) in [5.41, 5.74) is -0.375. The Bertz CT molecular complexity index is 308. The van der Waals surface area contributed by atoms with Gasteiger partial charge in [0.15, 0.2) is 0 Å². The zero-order valence-electron chi connectivity index (χ0n) is 8.50. The summed E-state index contributed by atoms with van der Waals surface area (Å²) in [5, 5.41) is 12.2. The van der Waals surface area contributed by atoms with Gasteiger partial charge in [-0.1, -0.05) is 0 Å². The van der Waals surface area contributed by atoms with Crippen molar-refractivity contribution in [1.29, 1.82) is 0 Å². The minimum atomic E-state index is -0.375. The highest BCUT2D eigenvalue weighted by Crippen LogP contribution is 2.16. The number of halogens is 1. The quantitative estimate of drug-likeness (QED) is 0.812. The largest absolute Gasteiger partial charge is 0.394 e. The highest BCUT2D eigenvalue weighted by Gasteiger charge is 2.16. The molecule has 0 unspecified atom stereocenters. The van der Waals surface area contributed by atoms with Gasteiger partial charge in [0.25, 0.3) is 0 Å². The summed E-state index contributed by atoms with van der Waals surface area (Å²) in [6.45, 7) is 5.67. The fraction of sp³-hybridized carbons (Fsp3) is 0.556. The Balaban J connectivity index is 2.87. The van der Waals surface area contributed by atoms with Crippen LogP contribution in [0.4, 0.5) is 5.82 Å². The van der Waals surface area contributed by atoms with Crippen LogP contribution in [-0.4, -0.2) is 27.2 Å². The lowest BCUT2D eigenvalue weighted by Gasteiger charge is -2.24. The molecule has 1 rings (SSSR count). The van der Waals surface area contributed by atoms with Gasteiger partial charge in [-0.05, 0) is 36.7 Å². The van der Waals surface area contributed by atoms with E-state index in [-0.39, 0.29) is 12.1 Å². The number of aliphatic hydroxyl groups excluding tert-OH is 1. The molecular formula is C9H14BrN3O. The Morgan fingerprint density at radius 1 is 1.50 bits per heavy atom. The van der Waals surface area contributed by atoms with E-state index in [9.17, 15) is 0 Å². The summed E-state index contributed by atoms with van der Waals surface area (Å²) in [5.74, 6) is 1.40. The molecule has 5 heteroatoms. The molecular weight excluding hydrogens is 246 g/mol. The molecule has 0 amide bonds. The van der Waals surface area contributed by atoms with Crippen LogP contribution in [0, 0.1) is 6.92 Å². The lowest BCUT2D eigenvalue weighted by Crippen LogP contribution is -2.35. The molecule has 14 heavy (non-hydrogen) atoms. The average molecular weight is 260 g/mol. The molecule has 0 radical (unpaired) electrons. The van der Waals surface area contributed by atoms with Gasteiger partial charge >= 0.3 is 0 Å². The molecule has 2 N–H and O–H groups in total. The normalized spacial score (nSPS) is 11.5. The van der Waals surface area contributed by atoms with Crippen LogP contribution in [0.25, 0.3) is 0 Å². The molecule has 0 saturated carbocycles. The van der Waals surface area contributed by atoms with Crippen molar-refractivity contribution in [2.24, 2.45) is 0 Å². The Kier molecular flexibility index (Phi) is 3.44. The number of aryl methyl sites for hydroxylation is 1. The van der Waals surface area contributed by atoms with E-state index < -0.39 is 0 Å². The molecule has 4 nitrogen and oxygen atoms in total. The molecule has 0 saturated heterocycles. The van der Waals surface area contributed by atoms with Crippen molar-refractivity contribution in [2.45, 2.75) is 26.3 Å². The van der Waals surface area contributed by atoms with E-state index in [1.165, 1.54) is 0 Å². The van der Waals surface area contributed by atoms with E-state index in [0.717, 1.165) is 4.60 Å². The van der Waals surface area contributed by atoms with Crippen molar-refractivity contribution in [3.8, 4) is 0 Å². The molecule has 0 aliphatic rings. The van der Waals surface area contributed by atoms with Crippen LogP contribution in [0.3, 0.4) is 0 Å². The van der Waals surface area contributed by atoms with Crippen molar-refractivity contribution < 1.29 is 5.11 Å². The van der Waals surface area contributed by atoms with Crippen molar-refractivity contribution in [2.75, 3.05) is 11.9 Å². The first kappa shape index (κ1) is 11.4. The van der Waals surface area contributed by atoms with Gasteiger partial charge in [-0.25, -0.2) is 9.97 Å². The molecule has 1 aromatic rings. The van der Waals surface area contributed by atoms with E-state index in [2.05, 4.69) is 31.2 Å². The van der Waals surface area contributed by atoms with Crippen LogP contribution in [0.2, 0.25) is 0 Å². The second kappa shape index (κ2) is 4.23. The number of nitrogens with one attached hydrogen (secondary N) is 1. The lowest BCUT2D eigenvalue weighted by molar-refractivity contribution is 0.234. The Morgan fingerprint density at radius 2 is 2.14 bits per heavy atom. The molecule has 1 aromatic heterocycles. The van der Waals surface area contributed by atoms with Gasteiger partial charge in [-0.2, -0.15) is 0 Å². The highest BCUT2D eigenvalue weighted by molar-refractivity contribution is 9.10. The van der Waals surface area contributed by atoms with Crippen LogP contribution in [0.5, 0.6) is 0 Å². The lowest BCUT2D eigenvalue weighted by atomic mass is 10.1. The first-order valence-electron chi connectivity index (χ1n) is 4.33. The Morgan fingerprint density at radius 3 is 2.64 bits per heavy atom. The number of anilines is 1. The summed E-state index contributed by atoms with van der Waals surface area (Å²) in [4.78, 5) is 8.30. The van der Waals surface area contributed by atoms with Crippen LogP contribution >= 0.6 is 15.9 Å². The number of aromatic nitrogens is 2. The molecule has 0 spiro atoms. The average Bonchev–Trinajstić information content (AvgIpc) is 2.01. The second-order valence-electron chi connectivity index (χ2n) is 3.79. The first-order valence-corrected chi connectivity index (χ1v) is 5.12. The molecule has 0 atom stereocenters. The van der Waals surface area contributed by atoms with E-state index in [1.54, 1.807) is 6.07 Å². The predicted octanol–water partition coefficient (Wildman–Crippen LogP) is 1.73. The predicted molar refractivity (Wildman–Crippen MR) is 59.3 cm³/mol. The minimum Gasteiger partial charge on any atom is -0.394 e. The van der Waals surface area contributed by atoms with Crippen LogP contribution in [0.1, 0.15) is 19.7 Å². The molecule has 0 fully saturated rings. The van der Waals surface area contributed by atoms with Crippen molar-refractivity contribution >= 4 is 21.7 Å². The van der Waals surface area contributed by atoms with Gasteiger partial charge in [-0.3, -0.25) is 0 Å². The number of hydrogen-bond donors (Lipinski definition) is 2. The van der Waals surface area contributed by atoms with Crippen LogP contribution < -0.4 is 5.32 Å². The topological polar surface area (TPSA) is 58.0 Å². The summed E-state index contributed by atoms with van der Waals surface area (Å²) >= 11 is 3.29. The van der Waals surface area contributed by atoms with Crippen molar-refractivity contribution in [3.05, 3.63) is 16.5 Å². The second-order valence-corrected chi connectivity index (χ2v) is 4.60. The zero-order chi connectivity index (χ0) is 10.8. The SMILES string of the molecule is Cc1nc(Br)cc(NC(C)(C)CO)n1. The Labute approximate surface area is 91.9 Å². The maximum absolute atomic E-state index is 9.08. The van der Waals surface area contributed by atoms with Gasteiger partial charge in [0.05, 0.1) is 12.1 Å². The zero-order valence-corrected chi connectivity index (χ0v) is 10.1. The third-order valence-electron chi connectivity index (χ3n) is 1.67. The maximum Gasteiger partial charge on any atom is 0.131 e. The van der Waals surface area contributed by atoms with E-state index in [4.69, 9.17) is 5.11 Å². The van der Waals surface area contributed by atoms with Crippen LogP contribution in [-0.2, 0) is 0 Å². The number of hydrogen-bond acceptors (Lipinski definition) is 4. The van der Waals surface area contributed by atoms with E-state index >= 15 is 0 Å². The van der Waals surface area contributed by atoms with Gasteiger partial charge in [-0.15, -0.1) is 0 Å². The summed E-state index contributed by atoms with van der Waals surface area (Å²) in [6, 6.07) is 1.78. The monoisotopic (exact) mass is 259 g/mol. The molecule has 0 bridgehead atoms. The molecule has 0 aliphatic heterocycles. The van der Waals surface area contributed by atoms with Gasteiger partial charge in [0, 0.05) is 6.07 Å². The minimum absolute atomic E-state index is 0.0493. The summed E-state index contributed by atoms with van der Waals surface area (Å²) in [7, 11) is 0. The Hall–Kier alpha value is -0.680. The molecule has 0 aliphatic carbocycles. The van der Waals surface area contributed by atoms with Crippen LogP contribution in [0.15, 0.2) is 10.7 Å². The highest BCUT2D eigenvalue weighted by atomic mass is 79.9. The van der Waals surface area contributed by atoms with Crippen molar-refractivity contribution in [1.82, 2.24) is 9.97 Å². The number of rotatable bonds is 3. The summed E-state index contributed by atoms with van der Waals surface area (Å²) in [6.07, 6.45) is 0. The van der Waals surface area contributed by atoms with Gasteiger partial charge < -0.3 is 10.4 Å². The third-order valence-corrected chi connectivity index (χ3v) is 2.07. The van der Waals surface area contributed by atoms with E-state index in [0.29, 0.717) is 11.6 Å². The standard InChI is InChI=1S/C9H14BrN3O/c1-6-11-7(10)4-8(12-6)13-9(2,3)5-14/h4,14H,5H2,1-3H3,(H,11,12,13). The van der Waals surface area contributed by atoms with Crippen molar-refractivity contribution in [3.63, 3.8) is 0 Å².